The number of rotatable bonds is 5. The summed E-state index contributed by atoms with van der Waals surface area (Å²) >= 11 is 6.02. The Bertz CT molecular complexity index is 1280. The number of methoxy groups -OCH3 is 1. The molecule has 10 nitrogen and oxygen atoms in total. The number of piperazine rings is 1. The number of anilines is 2. The average molecular weight is 496 g/mol. The number of nitrogens with one attached hydrogen (secondary N) is 1. The Morgan fingerprint density at radius 1 is 1.03 bits per heavy atom. The molecular weight excluding hydrogens is 474 g/mol. The molecular formula is C24H22ClN5O5. The molecule has 1 aromatic carbocycles. The third-order valence-electron chi connectivity index (χ3n) is 5.76. The van der Waals surface area contributed by atoms with Gasteiger partial charge in [-0.15, -0.1) is 0 Å². The summed E-state index contributed by atoms with van der Waals surface area (Å²) in [7, 11) is 1.47. The predicted molar refractivity (Wildman–Crippen MR) is 129 cm³/mol. The molecule has 0 radical (unpaired) electrons. The van der Waals surface area contributed by atoms with E-state index in [0.717, 1.165) is 0 Å². The summed E-state index contributed by atoms with van der Waals surface area (Å²) in [6.45, 7) is 2.20. The number of hydrogen-bond acceptors (Lipinski definition) is 8. The van der Waals surface area contributed by atoms with E-state index >= 15 is 0 Å². The van der Waals surface area contributed by atoms with E-state index in [1.54, 1.807) is 47.5 Å². The fraction of sp³-hybridized carbons (Fsp3) is 0.250. The van der Waals surface area contributed by atoms with Crippen LogP contribution in [0.5, 0.6) is 17.4 Å². The van der Waals surface area contributed by atoms with Gasteiger partial charge >= 0.3 is 0 Å². The fourth-order valence-corrected chi connectivity index (χ4v) is 4.18. The zero-order valence-corrected chi connectivity index (χ0v) is 19.6. The van der Waals surface area contributed by atoms with E-state index < -0.39 is 0 Å². The standard InChI is InChI=1S/C24H22ClN5O5/c1-33-21-13-16(12-20(25)28-21)24(32)30-9-7-29(8-10-30)22-17(3-2-6-26-22)27-23(31)15-4-5-18-19(11-15)35-14-34-18/h2-6,11-13H,7-10,14H2,1H3,(H,27,31). The summed E-state index contributed by atoms with van der Waals surface area (Å²) in [6.07, 6.45) is 1.67. The molecule has 4 heterocycles. The molecule has 0 bridgehead atoms. The van der Waals surface area contributed by atoms with Crippen LogP contribution < -0.4 is 24.4 Å². The van der Waals surface area contributed by atoms with Gasteiger partial charge in [-0.3, -0.25) is 9.59 Å². The maximum atomic E-state index is 13.0. The molecule has 0 atom stereocenters. The Hall–Kier alpha value is -4.05. The molecule has 0 aliphatic carbocycles. The zero-order chi connectivity index (χ0) is 24.4. The van der Waals surface area contributed by atoms with Crippen molar-refractivity contribution in [3.8, 4) is 17.4 Å². The van der Waals surface area contributed by atoms with Crippen LogP contribution >= 0.6 is 11.6 Å². The number of aromatic nitrogens is 2. The minimum Gasteiger partial charge on any atom is -0.481 e. The van der Waals surface area contributed by atoms with E-state index in [1.165, 1.54) is 13.2 Å². The van der Waals surface area contributed by atoms with Crippen molar-refractivity contribution in [1.29, 1.82) is 0 Å². The van der Waals surface area contributed by atoms with E-state index in [4.69, 9.17) is 25.8 Å². The second kappa shape index (κ2) is 9.67. The lowest BCUT2D eigenvalue weighted by atomic mass is 10.2. The first-order valence-electron chi connectivity index (χ1n) is 10.9. The van der Waals surface area contributed by atoms with Crippen molar-refractivity contribution >= 4 is 34.9 Å². The Morgan fingerprint density at radius 2 is 1.83 bits per heavy atom. The van der Waals surface area contributed by atoms with Crippen LogP contribution in [0.15, 0.2) is 48.7 Å². The summed E-state index contributed by atoms with van der Waals surface area (Å²) in [5, 5.41) is 3.14. The summed E-state index contributed by atoms with van der Waals surface area (Å²) in [6, 6.07) is 11.7. The average Bonchev–Trinajstić information content (AvgIpc) is 3.36. The number of fused-ring (bicyclic) bond motifs is 1. The van der Waals surface area contributed by atoms with E-state index in [2.05, 4.69) is 15.3 Å². The monoisotopic (exact) mass is 495 g/mol. The van der Waals surface area contributed by atoms with Gasteiger partial charge in [0.1, 0.15) is 5.15 Å². The number of carbonyl (C=O) groups excluding carboxylic acids is 2. The Kier molecular flexibility index (Phi) is 6.28. The van der Waals surface area contributed by atoms with Gasteiger partial charge in [0, 0.05) is 49.6 Å². The summed E-state index contributed by atoms with van der Waals surface area (Å²) in [4.78, 5) is 38.2. The van der Waals surface area contributed by atoms with Crippen LogP contribution in [-0.4, -0.2) is 66.8 Å². The normalized spacial score (nSPS) is 14.6. The van der Waals surface area contributed by atoms with E-state index in [0.29, 0.717) is 60.3 Å². The Morgan fingerprint density at radius 3 is 2.63 bits per heavy atom. The van der Waals surface area contributed by atoms with Gasteiger partial charge in [-0.1, -0.05) is 11.6 Å². The zero-order valence-electron chi connectivity index (χ0n) is 18.9. The first kappa shape index (κ1) is 22.7. The molecule has 1 saturated heterocycles. The molecule has 2 aliphatic rings. The molecule has 2 amide bonds. The molecule has 180 valence electrons. The number of amides is 2. The smallest absolute Gasteiger partial charge is 0.255 e. The number of ether oxygens (including phenoxy) is 3. The van der Waals surface area contributed by atoms with Crippen molar-refractivity contribution in [3.05, 3.63) is 64.9 Å². The second-order valence-electron chi connectivity index (χ2n) is 7.90. The molecule has 1 fully saturated rings. The number of halogens is 1. The highest BCUT2D eigenvalue weighted by molar-refractivity contribution is 6.29. The van der Waals surface area contributed by atoms with Crippen LogP contribution in [0.4, 0.5) is 11.5 Å². The SMILES string of the molecule is COc1cc(C(=O)N2CCN(c3ncccc3NC(=O)c3ccc4c(c3)OCO4)CC2)cc(Cl)n1. The van der Waals surface area contributed by atoms with Gasteiger partial charge in [-0.2, -0.15) is 0 Å². The van der Waals surface area contributed by atoms with E-state index in [1.807, 2.05) is 4.90 Å². The Balaban J connectivity index is 1.26. The van der Waals surface area contributed by atoms with Crippen LogP contribution in [0.2, 0.25) is 5.15 Å². The van der Waals surface area contributed by atoms with Gasteiger partial charge in [0.2, 0.25) is 12.7 Å². The molecule has 0 spiro atoms. The summed E-state index contributed by atoms with van der Waals surface area (Å²) in [5.41, 5.74) is 1.45. The summed E-state index contributed by atoms with van der Waals surface area (Å²) in [5.74, 6) is 1.65. The van der Waals surface area contributed by atoms with Gasteiger partial charge in [0.05, 0.1) is 12.8 Å². The first-order chi connectivity index (χ1) is 17.0. The molecule has 2 aromatic heterocycles. The topological polar surface area (TPSA) is 106 Å². The van der Waals surface area contributed by atoms with E-state index in [-0.39, 0.29) is 29.6 Å². The maximum Gasteiger partial charge on any atom is 0.255 e. The van der Waals surface area contributed by atoms with Crippen molar-refractivity contribution in [2.24, 2.45) is 0 Å². The van der Waals surface area contributed by atoms with Gasteiger partial charge in [-0.05, 0) is 36.4 Å². The lowest BCUT2D eigenvalue weighted by molar-refractivity contribution is 0.0746. The van der Waals surface area contributed by atoms with E-state index in [9.17, 15) is 9.59 Å². The second-order valence-corrected chi connectivity index (χ2v) is 8.28. The number of pyridine rings is 2. The third-order valence-corrected chi connectivity index (χ3v) is 5.96. The van der Waals surface area contributed by atoms with Crippen LogP contribution in [0, 0.1) is 0 Å². The molecule has 1 N–H and O–H groups in total. The third kappa shape index (κ3) is 4.78. The van der Waals surface area contributed by atoms with Crippen LogP contribution in [0.1, 0.15) is 20.7 Å². The lowest BCUT2D eigenvalue weighted by Gasteiger charge is -2.36. The van der Waals surface area contributed by atoms with Crippen molar-refractivity contribution in [3.63, 3.8) is 0 Å². The molecule has 2 aliphatic heterocycles. The minimum atomic E-state index is -0.283. The predicted octanol–water partition coefficient (Wildman–Crippen LogP) is 3.08. The van der Waals surface area contributed by atoms with Crippen molar-refractivity contribution in [2.45, 2.75) is 0 Å². The van der Waals surface area contributed by atoms with Crippen molar-refractivity contribution in [2.75, 3.05) is 50.3 Å². The lowest BCUT2D eigenvalue weighted by Crippen LogP contribution is -2.49. The van der Waals surface area contributed by atoms with Gasteiger partial charge in [0.15, 0.2) is 17.3 Å². The van der Waals surface area contributed by atoms with Gasteiger partial charge in [0.25, 0.3) is 11.8 Å². The molecule has 0 saturated carbocycles. The minimum absolute atomic E-state index is 0.142. The molecule has 11 heteroatoms. The van der Waals surface area contributed by atoms with Crippen LogP contribution in [0.25, 0.3) is 0 Å². The number of carbonyl (C=O) groups is 2. The molecule has 3 aromatic rings. The summed E-state index contributed by atoms with van der Waals surface area (Å²) < 4.78 is 15.8. The van der Waals surface area contributed by atoms with Gasteiger partial charge < -0.3 is 29.3 Å². The number of hydrogen-bond donors (Lipinski definition) is 1. The number of benzene rings is 1. The van der Waals surface area contributed by atoms with Crippen molar-refractivity contribution in [1.82, 2.24) is 14.9 Å². The van der Waals surface area contributed by atoms with Crippen LogP contribution in [0.3, 0.4) is 0 Å². The van der Waals surface area contributed by atoms with Crippen molar-refractivity contribution < 1.29 is 23.8 Å². The highest BCUT2D eigenvalue weighted by Gasteiger charge is 2.26. The molecule has 5 rings (SSSR count). The fourth-order valence-electron chi connectivity index (χ4n) is 3.98. The first-order valence-corrected chi connectivity index (χ1v) is 11.3. The number of nitrogens with zero attached hydrogens (tertiary/aromatic N) is 4. The largest absolute Gasteiger partial charge is 0.481 e. The maximum absolute atomic E-state index is 13.0. The van der Waals surface area contributed by atoms with Crippen LogP contribution in [-0.2, 0) is 0 Å². The highest BCUT2D eigenvalue weighted by Crippen LogP contribution is 2.33. The van der Waals surface area contributed by atoms with Gasteiger partial charge in [-0.25, -0.2) is 9.97 Å². The highest BCUT2D eigenvalue weighted by atomic mass is 35.5. The quantitative estimate of drug-likeness (QED) is 0.538. The molecule has 35 heavy (non-hydrogen) atoms. The Labute approximate surface area is 206 Å². The molecule has 0 unspecified atom stereocenters.